The maximum atomic E-state index is 12.3. The highest BCUT2D eigenvalue weighted by Gasteiger charge is 2.29. The molecule has 110 valence electrons. The van der Waals surface area contributed by atoms with Crippen LogP contribution in [0.15, 0.2) is 22.7 Å². The molecule has 1 heterocycles. The largest absolute Gasteiger partial charge is 0.367 e. The minimum atomic E-state index is -0.285. The van der Waals surface area contributed by atoms with Crippen LogP contribution in [0, 0.1) is 12.3 Å². The summed E-state index contributed by atoms with van der Waals surface area (Å²) in [7, 11) is 0. The van der Waals surface area contributed by atoms with Crippen LogP contribution in [-0.2, 0) is 4.79 Å². The third-order valence-corrected chi connectivity index (χ3v) is 4.29. The molecule has 1 aromatic rings. The lowest BCUT2D eigenvalue weighted by atomic mass is 9.94. The van der Waals surface area contributed by atoms with Crippen LogP contribution in [0.1, 0.15) is 26.3 Å². The van der Waals surface area contributed by atoms with E-state index in [2.05, 4.69) is 46.0 Å². The summed E-state index contributed by atoms with van der Waals surface area (Å²) in [5.41, 5.74) is 2.19. The molecule has 4 heteroatoms. The van der Waals surface area contributed by atoms with E-state index >= 15 is 0 Å². The van der Waals surface area contributed by atoms with Gasteiger partial charge < -0.3 is 9.80 Å². The number of carbonyl (C=O) groups is 1. The van der Waals surface area contributed by atoms with Crippen molar-refractivity contribution in [3.8, 4) is 0 Å². The molecule has 1 aliphatic rings. The molecular formula is C16H23BrN2O. The van der Waals surface area contributed by atoms with E-state index in [-0.39, 0.29) is 11.3 Å². The minimum absolute atomic E-state index is 0.250. The van der Waals surface area contributed by atoms with Gasteiger partial charge in [0.15, 0.2) is 0 Å². The average molecular weight is 339 g/mol. The average Bonchev–Trinajstić information content (AvgIpc) is 2.37. The number of hydrogen-bond donors (Lipinski definition) is 0. The number of piperazine rings is 1. The lowest BCUT2D eigenvalue weighted by Crippen LogP contribution is -2.51. The van der Waals surface area contributed by atoms with E-state index in [0.717, 1.165) is 30.7 Å². The summed E-state index contributed by atoms with van der Waals surface area (Å²) < 4.78 is 1.13. The van der Waals surface area contributed by atoms with Gasteiger partial charge in [-0.1, -0.05) is 26.8 Å². The van der Waals surface area contributed by atoms with Gasteiger partial charge in [-0.3, -0.25) is 4.79 Å². The molecule has 0 atom stereocenters. The van der Waals surface area contributed by atoms with Crippen LogP contribution < -0.4 is 4.90 Å². The zero-order chi connectivity index (χ0) is 14.9. The number of anilines is 1. The summed E-state index contributed by atoms with van der Waals surface area (Å²) in [6, 6.07) is 6.43. The Labute approximate surface area is 130 Å². The van der Waals surface area contributed by atoms with Crippen molar-refractivity contribution in [3.05, 3.63) is 28.2 Å². The first-order chi connectivity index (χ1) is 9.29. The Morgan fingerprint density at radius 2 is 1.75 bits per heavy atom. The van der Waals surface area contributed by atoms with Gasteiger partial charge in [0.05, 0.1) is 5.69 Å². The van der Waals surface area contributed by atoms with Gasteiger partial charge in [0.2, 0.25) is 5.91 Å². The second-order valence-electron chi connectivity index (χ2n) is 6.48. The van der Waals surface area contributed by atoms with Crippen molar-refractivity contribution >= 4 is 27.5 Å². The van der Waals surface area contributed by atoms with Crippen molar-refractivity contribution in [1.29, 1.82) is 0 Å². The summed E-state index contributed by atoms with van der Waals surface area (Å²) in [5, 5.41) is 0. The topological polar surface area (TPSA) is 23.6 Å². The molecule has 1 saturated heterocycles. The molecule has 0 N–H and O–H groups in total. The van der Waals surface area contributed by atoms with Gasteiger partial charge in [0.25, 0.3) is 0 Å². The second kappa shape index (κ2) is 5.76. The maximum Gasteiger partial charge on any atom is 0.228 e. The normalized spacial score (nSPS) is 16.4. The van der Waals surface area contributed by atoms with Gasteiger partial charge in [-0.05, 0) is 40.5 Å². The van der Waals surface area contributed by atoms with Crippen molar-refractivity contribution in [1.82, 2.24) is 4.90 Å². The fraction of sp³-hybridized carbons (Fsp3) is 0.562. The summed E-state index contributed by atoms with van der Waals surface area (Å²) in [6.07, 6.45) is 0. The van der Waals surface area contributed by atoms with Crippen LogP contribution in [0.3, 0.4) is 0 Å². The summed E-state index contributed by atoms with van der Waals surface area (Å²) in [6.45, 7) is 11.4. The minimum Gasteiger partial charge on any atom is -0.367 e. The van der Waals surface area contributed by atoms with Crippen LogP contribution in [0.5, 0.6) is 0 Å². The number of amides is 1. The fourth-order valence-electron chi connectivity index (χ4n) is 2.49. The third-order valence-electron chi connectivity index (χ3n) is 3.65. The molecule has 1 amide bonds. The Balaban J connectivity index is 2.03. The molecule has 0 saturated carbocycles. The Hall–Kier alpha value is -1.03. The summed E-state index contributed by atoms with van der Waals surface area (Å²) in [4.78, 5) is 16.6. The van der Waals surface area contributed by atoms with Gasteiger partial charge in [-0.2, -0.15) is 0 Å². The van der Waals surface area contributed by atoms with Crippen molar-refractivity contribution in [2.45, 2.75) is 27.7 Å². The summed E-state index contributed by atoms with van der Waals surface area (Å²) in [5.74, 6) is 0.250. The van der Waals surface area contributed by atoms with Gasteiger partial charge in [0, 0.05) is 36.1 Å². The summed E-state index contributed by atoms with van der Waals surface area (Å²) >= 11 is 3.64. The van der Waals surface area contributed by atoms with Crippen molar-refractivity contribution in [2.24, 2.45) is 5.41 Å². The number of aryl methyl sites for hydroxylation is 1. The van der Waals surface area contributed by atoms with Crippen LogP contribution in [0.25, 0.3) is 0 Å². The zero-order valence-electron chi connectivity index (χ0n) is 12.7. The molecular weight excluding hydrogens is 316 g/mol. The lowest BCUT2D eigenvalue weighted by molar-refractivity contribution is -0.139. The van der Waals surface area contributed by atoms with Gasteiger partial charge in [0.1, 0.15) is 0 Å². The molecule has 20 heavy (non-hydrogen) atoms. The smallest absolute Gasteiger partial charge is 0.228 e. The van der Waals surface area contributed by atoms with E-state index < -0.39 is 0 Å². The van der Waals surface area contributed by atoms with Crippen LogP contribution in [0.4, 0.5) is 5.69 Å². The first-order valence-corrected chi connectivity index (χ1v) is 7.89. The molecule has 0 unspecified atom stereocenters. The molecule has 0 bridgehead atoms. The maximum absolute atomic E-state index is 12.3. The number of halogens is 1. The molecule has 1 fully saturated rings. The Morgan fingerprint density at radius 3 is 2.25 bits per heavy atom. The second-order valence-corrected chi connectivity index (χ2v) is 7.34. The Kier molecular flexibility index (Phi) is 4.43. The van der Waals surface area contributed by atoms with Crippen LogP contribution in [-0.4, -0.2) is 37.0 Å². The highest BCUT2D eigenvalue weighted by Crippen LogP contribution is 2.28. The quantitative estimate of drug-likeness (QED) is 0.782. The molecule has 0 aromatic heterocycles. The van der Waals surface area contributed by atoms with Gasteiger partial charge in [-0.25, -0.2) is 0 Å². The first-order valence-electron chi connectivity index (χ1n) is 7.09. The van der Waals surface area contributed by atoms with E-state index in [0.29, 0.717) is 0 Å². The SMILES string of the molecule is Cc1ccc(N2CCN(C(=O)C(C)(C)C)CC2)c(Br)c1. The highest BCUT2D eigenvalue weighted by molar-refractivity contribution is 9.10. The van der Waals surface area contributed by atoms with Crippen molar-refractivity contribution in [3.63, 3.8) is 0 Å². The van der Waals surface area contributed by atoms with Gasteiger partial charge in [-0.15, -0.1) is 0 Å². The molecule has 0 spiro atoms. The van der Waals surface area contributed by atoms with Gasteiger partial charge >= 0.3 is 0 Å². The molecule has 2 rings (SSSR count). The van der Waals surface area contributed by atoms with E-state index in [1.165, 1.54) is 11.3 Å². The number of rotatable bonds is 1. The number of nitrogens with zero attached hydrogens (tertiary/aromatic N) is 2. The van der Waals surface area contributed by atoms with E-state index in [4.69, 9.17) is 0 Å². The fourth-order valence-corrected chi connectivity index (χ4v) is 3.24. The molecule has 0 radical (unpaired) electrons. The predicted molar refractivity (Wildman–Crippen MR) is 87.1 cm³/mol. The van der Waals surface area contributed by atoms with E-state index in [9.17, 15) is 4.79 Å². The molecule has 3 nitrogen and oxygen atoms in total. The molecule has 1 aromatic carbocycles. The highest BCUT2D eigenvalue weighted by atomic mass is 79.9. The molecule has 1 aliphatic heterocycles. The number of carbonyl (C=O) groups excluding carboxylic acids is 1. The standard InChI is InChI=1S/C16H23BrN2O/c1-12-5-6-14(13(17)11-12)18-7-9-19(10-8-18)15(20)16(2,3)4/h5-6,11H,7-10H2,1-4H3. The Bertz CT molecular complexity index is 500. The van der Waals surface area contributed by atoms with Crippen molar-refractivity contribution < 1.29 is 4.79 Å². The number of benzene rings is 1. The monoisotopic (exact) mass is 338 g/mol. The predicted octanol–water partition coefficient (Wildman–Crippen LogP) is 3.45. The zero-order valence-corrected chi connectivity index (χ0v) is 14.3. The Morgan fingerprint density at radius 1 is 1.15 bits per heavy atom. The lowest BCUT2D eigenvalue weighted by Gasteiger charge is -2.39. The number of hydrogen-bond acceptors (Lipinski definition) is 2. The van der Waals surface area contributed by atoms with E-state index in [1.807, 2.05) is 25.7 Å². The third kappa shape index (κ3) is 3.35. The first kappa shape index (κ1) is 15.4. The van der Waals surface area contributed by atoms with Crippen molar-refractivity contribution in [2.75, 3.05) is 31.1 Å². The van der Waals surface area contributed by atoms with E-state index in [1.54, 1.807) is 0 Å². The molecule has 0 aliphatic carbocycles. The van der Waals surface area contributed by atoms with Crippen LogP contribution >= 0.6 is 15.9 Å². The van der Waals surface area contributed by atoms with Crippen LogP contribution in [0.2, 0.25) is 0 Å².